The molecule has 6 heteroatoms. The minimum absolute atomic E-state index is 0.0395. The van der Waals surface area contributed by atoms with E-state index in [1.165, 1.54) is 0 Å². The predicted molar refractivity (Wildman–Crippen MR) is 115 cm³/mol. The van der Waals surface area contributed by atoms with Crippen molar-refractivity contribution in [3.63, 3.8) is 0 Å². The van der Waals surface area contributed by atoms with Gasteiger partial charge in [0.05, 0.1) is 11.6 Å². The van der Waals surface area contributed by atoms with E-state index in [4.69, 9.17) is 4.74 Å². The molecule has 1 heterocycles. The number of hydrogen-bond acceptors (Lipinski definition) is 4. The van der Waals surface area contributed by atoms with Crippen LogP contribution in [0.4, 0.5) is 10.5 Å². The molecule has 0 aromatic heterocycles. The zero-order valence-corrected chi connectivity index (χ0v) is 18.0. The number of nitrogens with one attached hydrogen (secondary N) is 2. The third-order valence-electron chi connectivity index (χ3n) is 6.08. The highest BCUT2D eigenvalue weighted by Gasteiger charge is 2.34. The lowest BCUT2D eigenvalue weighted by Crippen LogP contribution is -2.45. The van der Waals surface area contributed by atoms with Crippen molar-refractivity contribution in [3.05, 3.63) is 41.1 Å². The number of amides is 2. The smallest absolute Gasteiger partial charge is 0.338 e. The number of carbonyl (C=O) groups excluding carboxylic acids is 2. The van der Waals surface area contributed by atoms with Gasteiger partial charge in [0, 0.05) is 24.5 Å². The van der Waals surface area contributed by atoms with Crippen LogP contribution in [0.5, 0.6) is 0 Å². The highest BCUT2D eigenvalue weighted by Crippen LogP contribution is 2.31. The molecule has 2 N–H and O–H groups in total. The quantitative estimate of drug-likeness (QED) is 0.701. The number of hydrogen-bond donors (Lipinski definition) is 2. The topological polar surface area (TPSA) is 70.7 Å². The molecule has 158 valence electrons. The van der Waals surface area contributed by atoms with Gasteiger partial charge in [-0.3, -0.25) is 0 Å². The molecule has 1 aliphatic heterocycles. The average Bonchev–Trinajstić information content (AvgIpc) is 2.70. The van der Waals surface area contributed by atoms with Crippen molar-refractivity contribution in [1.82, 2.24) is 10.6 Å². The number of rotatable bonds is 6. The Morgan fingerprint density at radius 1 is 1.10 bits per heavy atom. The monoisotopic (exact) mass is 399 g/mol. The second kappa shape index (κ2) is 9.33. The van der Waals surface area contributed by atoms with E-state index in [-0.39, 0.29) is 18.1 Å². The molecular weight excluding hydrogens is 366 g/mol. The van der Waals surface area contributed by atoms with E-state index in [9.17, 15) is 9.59 Å². The summed E-state index contributed by atoms with van der Waals surface area (Å²) in [6.07, 6.45) is 3.94. The number of anilines is 1. The first-order chi connectivity index (χ1) is 13.9. The van der Waals surface area contributed by atoms with E-state index < -0.39 is 6.04 Å². The Kier molecular flexibility index (Phi) is 6.83. The molecule has 0 radical (unpaired) electrons. The first-order valence-electron chi connectivity index (χ1n) is 10.8. The number of allylic oxidation sites excluding steroid dienone is 1. The summed E-state index contributed by atoms with van der Waals surface area (Å²) in [7, 11) is 0. The van der Waals surface area contributed by atoms with E-state index >= 15 is 0 Å². The summed E-state index contributed by atoms with van der Waals surface area (Å²) in [6.45, 7) is 10.1. The van der Waals surface area contributed by atoms with Gasteiger partial charge in [0.2, 0.25) is 0 Å². The number of urea groups is 1. The van der Waals surface area contributed by atoms with Crippen molar-refractivity contribution < 1.29 is 14.3 Å². The van der Waals surface area contributed by atoms with Gasteiger partial charge >= 0.3 is 12.0 Å². The third kappa shape index (κ3) is 4.92. The van der Waals surface area contributed by atoms with Gasteiger partial charge in [-0.2, -0.15) is 0 Å². The normalized spacial score (nSPS) is 24.6. The van der Waals surface area contributed by atoms with Gasteiger partial charge in [0.1, 0.15) is 6.10 Å². The van der Waals surface area contributed by atoms with Gasteiger partial charge < -0.3 is 20.3 Å². The largest absolute Gasteiger partial charge is 0.459 e. The van der Waals surface area contributed by atoms with Crippen LogP contribution in [-0.2, 0) is 9.53 Å². The summed E-state index contributed by atoms with van der Waals surface area (Å²) in [6, 6.07) is 7.22. The molecule has 1 atom stereocenters. The van der Waals surface area contributed by atoms with E-state index in [0.29, 0.717) is 17.2 Å². The van der Waals surface area contributed by atoms with E-state index in [0.717, 1.165) is 50.0 Å². The molecule has 2 amide bonds. The lowest BCUT2D eigenvalue weighted by Gasteiger charge is -2.31. The second-order valence-corrected chi connectivity index (χ2v) is 8.12. The fraction of sp³-hybridized carbons (Fsp3) is 0.565. The molecule has 0 saturated heterocycles. The van der Waals surface area contributed by atoms with Crippen LogP contribution < -0.4 is 15.5 Å². The molecule has 29 heavy (non-hydrogen) atoms. The molecule has 0 unspecified atom stereocenters. The zero-order valence-electron chi connectivity index (χ0n) is 18.0. The number of carbonyl (C=O) groups is 2. The zero-order chi connectivity index (χ0) is 21.0. The Morgan fingerprint density at radius 2 is 1.72 bits per heavy atom. The number of ether oxygens (including phenoxy) is 1. The maximum Gasteiger partial charge on any atom is 0.338 e. The van der Waals surface area contributed by atoms with Gasteiger partial charge in [0.15, 0.2) is 0 Å². The maximum absolute atomic E-state index is 13.0. The first kappa shape index (κ1) is 21.2. The van der Waals surface area contributed by atoms with Gasteiger partial charge in [-0.15, -0.1) is 0 Å². The minimum atomic E-state index is -0.510. The Morgan fingerprint density at radius 3 is 2.31 bits per heavy atom. The SMILES string of the molecule is CCN(CC)c1ccc([C@H]2NC(=O)NC(C)=C2C(=O)OC2CCC(C)CC2)cc1. The summed E-state index contributed by atoms with van der Waals surface area (Å²) in [5.74, 6) is 0.353. The molecule has 1 aliphatic carbocycles. The number of nitrogens with zero attached hydrogens (tertiary/aromatic N) is 1. The summed E-state index contributed by atoms with van der Waals surface area (Å²) < 4.78 is 5.84. The summed E-state index contributed by atoms with van der Waals surface area (Å²) in [5, 5.41) is 5.62. The standard InChI is InChI=1S/C23H33N3O3/c1-5-26(6-2)18-11-9-17(10-12-18)21-20(16(4)24-23(28)25-21)22(27)29-19-13-7-15(3)8-14-19/h9-12,15,19,21H,5-8,13-14H2,1-4H3,(H2,24,25,28)/t15?,19?,21-/m1/s1. The predicted octanol–water partition coefficient (Wildman–Crippen LogP) is 4.28. The van der Waals surface area contributed by atoms with Gasteiger partial charge in [0.25, 0.3) is 0 Å². The lowest BCUT2D eigenvalue weighted by atomic mass is 9.88. The third-order valence-corrected chi connectivity index (χ3v) is 6.08. The van der Waals surface area contributed by atoms with Crippen LogP contribution in [0.25, 0.3) is 0 Å². The molecule has 6 nitrogen and oxygen atoms in total. The number of esters is 1. The minimum Gasteiger partial charge on any atom is -0.459 e. The Balaban J connectivity index is 1.81. The molecule has 1 fully saturated rings. The second-order valence-electron chi connectivity index (χ2n) is 8.12. The van der Waals surface area contributed by atoms with Crippen molar-refractivity contribution in [2.24, 2.45) is 5.92 Å². The van der Waals surface area contributed by atoms with Crippen molar-refractivity contribution in [1.29, 1.82) is 0 Å². The first-order valence-corrected chi connectivity index (χ1v) is 10.8. The van der Waals surface area contributed by atoms with Crippen molar-refractivity contribution in [2.75, 3.05) is 18.0 Å². The molecule has 0 spiro atoms. The lowest BCUT2D eigenvalue weighted by molar-refractivity contribution is -0.146. The Bertz CT molecular complexity index is 760. The van der Waals surface area contributed by atoms with Crippen molar-refractivity contribution in [2.45, 2.75) is 65.5 Å². The highest BCUT2D eigenvalue weighted by molar-refractivity contribution is 5.95. The van der Waals surface area contributed by atoms with Crippen LogP contribution in [-0.4, -0.2) is 31.2 Å². The Labute approximate surface area is 173 Å². The van der Waals surface area contributed by atoms with Gasteiger partial charge in [-0.1, -0.05) is 19.1 Å². The molecule has 1 saturated carbocycles. The molecule has 1 aromatic rings. The van der Waals surface area contributed by atoms with Gasteiger partial charge in [-0.25, -0.2) is 9.59 Å². The summed E-state index contributed by atoms with van der Waals surface area (Å²) in [4.78, 5) is 27.4. The number of benzene rings is 1. The van der Waals surface area contributed by atoms with Crippen LogP contribution in [0.15, 0.2) is 35.5 Å². The van der Waals surface area contributed by atoms with Crippen molar-refractivity contribution >= 4 is 17.7 Å². The molecular formula is C23H33N3O3. The van der Waals surface area contributed by atoms with Gasteiger partial charge in [-0.05, 0) is 70.1 Å². The molecule has 1 aromatic carbocycles. The summed E-state index contributed by atoms with van der Waals surface area (Å²) >= 11 is 0. The highest BCUT2D eigenvalue weighted by atomic mass is 16.5. The maximum atomic E-state index is 13.0. The Hall–Kier alpha value is -2.50. The fourth-order valence-electron chi connectivity index (χ4n) is 4.24. The van der Waals surface area contributed by atoms with Crippen LogP contribution in [0, 0.1) is 5.92 Å². The van der Waals surface area contributed by atoms with Crippen LogP contribution in [0.1, 0.15) is 65.0 Å². The van der Waals surface area contributed by atoms with Crippen LogP contribution in [0.2, 0.25) is 0 Å². The van der Waals surface area contributed by atoms with Crippen LogP contribution in [0.3, 0.4) is 0 Å². The van der Waals surface area contributed by atoms with E-state index in [2.05, 4.69) is 36.3 Å². The van der Waals surface area contributed by atoms with E-state index in [1.807, 2.05) is 24.3 Å². The molecule has 0 bridgehead atoms. The fourth-order valence-corrected chi connectivity index (χ4v) is 4.24. The van der Waals surface area contributed by atoms with Crippen molar-refractivity contribution in [3.8, 4) is 0 Å². The van der Waals surface area contributed by atoms with E-state index in [1.54, 1.807) is 6.92 Å². The van der Waals surface area contributed by atoms with Crippen LogP contribution >= 0.6 is 0 Å². The average molecular weight is 400 g/mol. The summed E-state index contributed by atoms with van der Waals surface area (Å²) in [5.41, 5.74) is 3.04. The molecule has 2 aliphatic rings. The molecule has 3 rings (SSSR count).